The van der Waals surface area contributed by atoms with Crippen molar-refractivity contribution in [3.05, 3.63) is 29.7 Å². The summed E-state index contributed by atoms with van der Waals surface area (Å²) in [6.07, 6.45) is 2.72. The van der Waals surface area contributed by atoms with E-state index in [1.54, 1.807) is 0 Å². The van der Waals surface area contributed by atoms with E-state index < -0.39 is 5.97 Å². The molecule has 0 atom stereocenters. The number of hydrogen-bond donors (Lipinski definition) is 2. The molecular weight excluding hydrogens is 210 g/mol. The summed E-state index contributed by atoms with van der Waals surface area (Å²) < 4.78 is 4.93. The molecule has 5 heteroatoms. The Balaban J connectivity index is 2.62. The van der Waals surface area contributed by atoms with Crippen LogP contribution in [0.25, 0.3) is 6.08 Å². The Hall–Kier alpha value is -2.04. The van der Waals surface area contributed by atoms with Crippen molar-refractivity contribution >= 4 is 18.0 Å². The molecule has 0 fully saturated rings. The lowest BCUT2D eigenvalue weighted by Gasteiger charge is -2.03. The van der Waals surface area contributed by atoms with E-state index >= 15 is 0 Å². The first-order chi connectivity index (χ1) is 7.49. The monoisotopic (exact) mass is 223 g/mol. The molecule has 0 saturated heterocycles. The Kier molecular flexibility index (Phi) is 3.88. The zero-order valence-corrected chi connectivity index (χ0v) is 9.06. The molecule has 5 nitrogen and oxygen atoms in total. The lowest BCUT2D eigenvalue weighted by molar-refractivity contribution is -0.116. The van der Waals surface area contributed by atoms with Crippen molar-refractivity contribution in [2.75, 3.05) is 0 Å². The number of amides is 1. The van der Waals surface area contributed by atoms with Gasteiger partial charge in [0.05, 0.1) is 0 Å². The molecule has 1 heterocycles. The molecule has 0 radical (unpaired) electrons. The Morgan fingerprint density at radius 2 is 2.12 bits per heavy atom. The minimum Gasteiger partial charge on any atom is -0.475 e. The van der Waals surface area contributed by atoms with Gasteiger partial charge in [-0.15, -0.1) is 0 Å². The second-order valence-corrected chi connectivity index (χ2v) is 3.50. The molecular formula is C11H13NO4. The second kappa shape index (κ2) is 5.16. The van der Waals surface area contributed by atoms with Gasteiger partial charge in [0, 0.05) is 12.1 Å². The SMILES string of the molecule is CC(C)NC(=O)/C=C/c1ccc(C(=O)O)o1. The Bertz CT molecular complexity index is 417. The number of hydrogen-bond acceptors (Lipinski definition) is 3. The fraction of sp³-hybridized carbons (Fsp3) is 0.273. The number of carboxylic acids is 1. The van der Waals surface area contributed by atoms with Crippen LogP contribution >= 0.6 is 0 Å². The van der Waals surface area contributed by atoms with Gasteiger partial charge in [0.1, 0.15) is 5.76 Å². The van der Waals surface area contributed by atoms with Crippen LogP contribution in [0.5, 0.6) is 0 Å². The van der Waals surface area contributed by atoms with Crippen molar-refractivity contribution < 1.29 is 19.1 Å². The summed E-state index contributed by atoms with van der Waals surface area (Å²) >= 11 is 0. The third-order valence-corrected chi connectivity index (χ3v) is 1.67. The lowest BCUT2D eigenvalue weighted by atomic mass is 10.3. The van der Waals surface area contributed by atoms with E-state index in [1.807, 2.05) is 13.8 Å². The quantitative estimate of drug-likeness (QED) is 0.758. The van der Waals surface area contributed by atoms with Crippen molar-refractivity contribution in [3.8, 4) is 0 Å². The summed E-state index contributed by atoms with van der Waals surface area (Å²) in [7, 11) is 0. The van der Waals surface area contributed by atoms with Crippen LogP contribution < -0.4 is 5.32 Å². The number of nitrogens with one attached hydrogen (secondary N) is 1. The minimum atomic E-state index is -1.13. The molecule has 1 aromatic heterocycles. The van der Waals surface area contributed by atoms with Crippen LogP contribution in [0.15, 0.2) is 22.6 Å². The van der Waals surface area contributed by atoms with E-state index in [2.05, 4.69) is 5.32 Å². The van der Waals surface area contributed by atoms with Crippen LogP contribution in [0, 0.1) is 0 Å². The van der Waals surface area contributed by atoms with E-state index in [0.717, 1.165) is 0 Å². The normalized spacial score (nSPS) is 10.9. The number of furan rings is 1. The lowest BCUT2D eigenvalue weighted by Crippen LogP contribution is -2.28. The molecule has 16 heavy (non-hydrogen) atoms. The molecule has 0 aliphatic heterocycles. The van der Waals surface area contributed by atoms with E-state index in [-0.39, 0.29) is 17.7 Å². The first-order valence-electron chi connectivity index (χ1n) is 4.80. The highest BCUT2D eigenvalue weighted by molar-refractivity contribution is 5.91. The zero-order valence-electron chi connectivity index (χ0n) is 9.06. The molecule has 0 bridgehead atoms. The number of carbonyl (C=O) groups is 2. The van der Waals surface area contributed by atoms with E-state index in [0.29, 0.717) is 5.76 Å². The predicted molar refractivity (Wildman–Crippen MR) is 58.0 cm³/mol. The fourth-order valence-electron chi connectivity index (χ4n) is 1.05. The highest BCUT2D eigenvalue weighted by atomic mass is 16.4. The summed E-state index contributed by atoms with van der Waals surface area (Å²) in [4.78, 5) is 21.7. The number of rotatable bonds is 4. The molecule has 1 rings (SSSR count). The highest BCUT2D eigenvalue weighted by Gasteiger charge is 2.07. The molecule has 0 unspecified atom stereocenters. The average Bonchev–Trinajstić information content (AvgIpc) is 2.61. The van der Waals surface area contributed by atoms with Gasteiger partial charge in [0.25, 0.3) is 0 Å². The first-order valence-corrected chi connectivity index (χ1v) is 4.80. The van der Waals surface area contributed by atoms with Crippen molar-refractivity contribution in [2.24, 2.45) is 0 Å². The van der Waals surface area contributed by atoms with E-state index in [1.165, 1.54) is 24.3 Å². The summed E-state index contributed by atoms with van der Waals surface area (Å²) in [6.45, 7) is 3.70. The Morgan fingerprint density at radius 1 is 1.44 bits per heavy atom. The predicted octanol–water partition coefficient (Wildman–Crippen LogP) is 1.52. The maximum absolute atomic E-state index is 11.2. The number of aromatic carboxylic acids is 1. The maximum atomic E-state index is 11.2. The molecule has 86 valence electrons. The maximum Gasteiger partial charge on any atom is 0.371 e. The van der Waals surface area contributed by atoms with Crippen molar-refractivity contribution in [3.63, 3.8) is 0 Å². The van der Waals surface area contributed by atoms with Crippen LogP contribution in [0.1, 0.15) is 30.2 Å². The first kappa shape index (κ1) is 12.0. The molecule has 0 spiro atoms. The molecule has 0 saturated carbocycles. The van der Waals surface area contributed by atoms with Crippen LogP contribution in [0.2, 0.25) is 0 Å². The topological polar surface area (TPSA) is 79.5 Å². The highest BCUT2D eigenvalue weighted by Crippen LogP contribution is 2.09. The molecule has 0 aromatic carbocycles. The third kappa shape index (κ3) is 3.61. The summed E-state index contributed by atoms with van der Waals surface area (Å²) in [5.41, 5.74) is 0. The molecule has 2 N–H and O–H groups in total. The molecule has 1 amide bonds. The van der Waals surface area contributed by atoms with Crippen LogP contribution in [0.3, 0.4) is 0 Å². The minimum absolute atomic E-state index is 0.0586. The van der Waals surface area contributed by atoms with Crippen LogP contribution in [-0.2, 0) is 4.79 Å². The van der Waals surface area contributed by atoms with Gasteiger partial charge in [-0.1, -0.05) is 0 Å². The Morgan fingerprint density at radius 3 is 2.62 bits per heavy atom. The second-order valence-electron chi connectivity index (χ2n) is 3.50. The van der Waals surface area contributed by atoms with Gasteiger partial charge in [-0.2, -0.15) is 0 Å². The summed E-state index contributed by atoms with van der Waals surface area (Å²) in [5, 5.41) is 11.3. The standard InChI is InChI=1S/C11H13NO4/c1-7(2)12-10(13)6-4-8-3-5-9(16-8)11(14)15/h3-7H,1-2H3,(H,12,13)(H,14,15)/b6-4+. The number of carboxylic acid groups (broad SMARTS) is 1. The van der Waals surface area contributed by atoms with Gasteiger partial charge in [-0.3, -0.25) is 4.79 Å². The third-order valence-electron chi connectivity index (χ3n) is 1.67. The summed E-state index contributed by atoms with van der Waals surface area (Å²) in [6, 6.07) is 2.88. The van der Waals surface area contributed by atoms with Gasteiger partial charge in [-0.05, 0) is 32.1 Å². The van der Waals surface area contributed by atoms with Gasteiger partial charge in [0.2, 0.25) is 11.7 Å². The van der Waals surface area contributed by atoms with Crippen molar-refractivity contribution in [1.29, 1.82) is 0 Å². The van der Waals surface area contributed by atoms with Gasteiger partial charge < -0.3 is 14.8 Å². The van der Waals surface area contributed by atoms with Crippen LogP contribution in [0.4, 0.5) is 0 Å². The average molecular weight is 223 g/mol. The smallest absolute Gasteiger partial charge is 0.371 e. The fourth-order valence-corrected chi connectivity index (χ4v) is 1.05. The van der Waals surface area contributed by atoms with Crippen molar-refractivity contribution in [1.82, 2.24) is 5.32 Å². The van der Waals surface area contributed by atoms with Gasteiger partial charge in [0.15, 0.2) is 0 Å². The molecule has 1 aromatic rings. The van der Waals surface area contributed by atoms with E-state index in [4.69, 9.17) is 9.52 Å². The number of carbonyl (C=O) groups excluding carboxylic acids is 1. The zero-order chi connectivity index (χ0) is 12.1. The Labute approximate surface area is 92.8 Å². The van der Waals surface area contributed by atoms with E-state index in [9.17, 15) is 9.59 Å². The van der Waals surface area contributed by atoms with Gasteiger partial charge in [-0.25, -0.2) is 4.79 Å². The van der Waals surface area contributed by atoms with Crippen molar-refractivity contribution in [2.45, 2.75) is 19.9 Å². The molecule has 0 aliphatic carbocycles. The molecule has 0 aliphatic rings. The largest absolute Gasteiger partial charge is 0.475 e. The summed E-state index contributed by atoms with van der Waals surface area (Å²) in [5.74, 6) is -1.20. The van der Waals surface area contributed by atoms with Crippen LogP contribution in [-0.4, -0.2) is 23.0 Å². The van der Waals surface area contributed by atoms with Gasteiger partial charge >= 0.3 is 5.97 Å².